The number of nitrogens with zero attached hydrogens (tertiary/aromatic N) is 1. The molecule has 3 aromatic carbocycles. The van der Waals surface area contributed by atoms with Gasteiger partial charge in [-0.05, 0) is 54.8 Å². The highest BCUT2D eigenvalue weighted by Crippen LogP contribution is 2.30. The molecule has 6 nitrogen and oxygen atoms in total. The first-order valence-electron chi connectivity index (χ1n) is 9.96. The van der Waals surface area contributed by atoms with Gasteiger partial charge in [0.2, 0.25) is 15.9 Å². The Labute approximate surface area is 193 Å². The van der Waals surface area contributed by atoms with Crippen LogP contribution in [0.1, 0.15) is 16.7 Å². The van der Waals surface area contributed by atoms with E-state index in [2.05, 4.69) is 5.32 Å². The van der Waals surface area contributed by atoms with Crippen molar-refractivity contribution in [1.29, 1.82) is 0 Å². The quantitative estimate of drug-likeness (QED) is 0.511. The first kappa shape index (κ1) is 23.8. The minimum absolute atomic E-state index is 0.0130. The van der Waals surface area contributed by atoms with Crippen LogP contribution in [0.25, 0.3) is 0 Å². The molecule has 0 saturated heterocycles. The molecule has 3 aromatic rings. The molecular formula is C24H25ClN2O4S. The molecule has 0 unspecified atom stereocenters. The maximum absolute atomic E-state index is 13.6. The largest absolute Gasteiger partial charge is 0.495 e. The summed E-state index contributed by atoms with van der Waals surface area (Å²) in [6.07, 6.45) is 0. The Kier molecular flexibility index (Phi) is 7.56. The van der Waals surface area contributed by atoms with E-state index in [4.69, 9.17) is 16.3 Å². The molecule has 0 fully saturated rings. The number of rotatable bonds is 8. The van der Waals surface area contributed by atoms with E-state index in [9.17, 15) is 13.2 Å². The van der Waals surface area contributed by atoms with Crippen LogP contribution in [0, 0.1) is 13.8 Å². The van der Waals surface area contributed by atoms with E-state index in [0.717, 1.165) is 21.0 Å². The lowest BCUT2D eigenvalue weighted by Crippen LogP contribution is -2.37. The van der Waals surface area contributed by atoms with Crippen LogP contribution in [0.2, 0.25) is 5.02 Å². The predicted octanol–water partition coefficient (Wildman–Crippen LogP) is 4.80. The summed E-state index contributed by atoms with van der Waals surface area (Å²) in [6.45, 7) is 3.49. The number of carbonyl (C=O) groups is 1. The Balaban J connectivity index is 1.96. The molecule has 0 radical (unpaired) electrons. The number of hydrogen-bond acceptors (Lipinski definition) is 4. The van der Waals surface area contributed by atoms with Crippen molar-refractivity contribution in [3.05, 3.63) is 88.4 Å². The Morgan fingerprint density at radius 3 is 2.44 bits per heavy atom. The average molecular weight is 473 g/mol. The van der Waals surface area contributed by atoms with Crippen LogP contribution in [0.5, 0.6) is 5.75 Å². The Hall–Kier alpha value is -2.87. The summed E-state index contributed by atoms with van der Waals surface area (Å²) in [4.78, 5) is 12.8. The Morgan fingerprint density at radius 2 is 1.75 bits per heavy atom. The van der Waals surface area contributed by atoms with E-state index in [1.54, 1.807) is 24.3 Å². The van der Waals surface area contributed by atoms with Crippen molar-refractivity contribution in [3.8, 4) is 5.75 Å². The smallest absolute Gasteiger partial charge is 0.247 e. The number of benzene rings is 3. The van der Waals surface area contributed by atoms with Crippen molar-refractivity contribution in [1.82, 2.24) is 4.31 Å². The number of sulfonamides is 1. The number of halogens is 1. The molecule has 0 atom stereocenters. The average Bonchev–Trinajstić information content (AvgIpc) is 2.77. The van der Waals surface area contributed by atoms with E-state index in [-0.39, 0.29) is 28.8 Å². The third-order valence-electron chi connectivity index (χ3n) is 5.14. The number of hydrogen-bond donors (Lipinski definition) is 1. The number of ether oxygens (including phenoxy) is 1. The SMILES string of the molecule is COc1ccc(Cl)cc1S(=O)(=O)N(CC(=O)Nc1cccc(C)c1C)Cc1ccccc1. The van der Waals surface area contributed by atoms with Gasteiger partial charge < -0.3 is 10.1 Å². The van der Waals surface area contributed by atoms with Gasteiger partial charge in [-0.25, -0.2) is 8.42 Å². The van der Waals surface area contributed by atoms with Crippen molar-refractivity contribution >= 4 is 33.2 Å². The van der Waals surface area contributed by atoms with Crippen LogP contribution in [-0.2, 0) is 21.4 Å². The summed E-state index contributed by atoms with van der Waals surface area (Å²) in [5.41, 5.74) is 3.35. The molecule has 0 saturated carbocycles. The molecule has 8 heteroatoms. The van der Waals surface area contributed by atoms with Crippen LogP contribution < -0.4 is 10.1 Å². The Morgan fingerprint density at radius 1 is 1.03 bits per heavy atom. The fourth-order valence-electron chi connectivity index (χ4n) is 3.24. The second-order valence-electron chi connectivity index (χ2n) is 7.35. The van der Waals surface area contributed by atoms with Crippen molar-refractivity contribution in [2.45, 2.75) is 25.3 Å². The standard InChI is InChI=1S/C24H25ClN2O4S/c1-17-8-7-11-21(18(17)2)26-24(28)16-27(15-19-9-5-4-6-10-19)32(29,30)23-14-20(25)12-13-22(23)31-3/h4-14H,15-16H2,1-3H3,(H,26,28). The highest BCUT2D eigenvalue weighted by atomic mass is 35.5. The second-order valence-corrected chi connectivity index (χ2v) is 9.69. The van der Waals surface area contributed by atoms with Crippen LogP contribution in [0.15, 0.2) is 71.6 Å². The van der Waals surface area contributed by atoms with E-state index in [1.165, 1.54) is 19.2 Å². The molecule has 32 heavy (non-hydrogen) atoms. The first-order chi connectivity index (χ1) is 15.2. The number of anilines is 1. The number of methoxy groups -OCH3 is 1. The Bertz CT molecular complexity index is 1210. The molecule has 0 aliphatic carbocycles. The van der Waals surface area contributed by atoms with Gasteiger partial charge in [0.15, 0.2) is 0 Å². The van der Waals surface area contributed by atoms with Gasteiger partial charge in [-0.2, -0.15) is 4.31 Å². The first-order valence-corrected chi connectivity index (χ1v) is 11.8. The molecule has 1 amide bonds. The number of nitrogens with one attached hydrogen (secondary N) is 1. The summed E-state index contributed by atoms with van der Waals surface area (Å²) in [5.74, 6) is -0.290. The van der Waals surface area contributed by atoms with Crippen LogP contribution in [-0.4, -0.2) is 32.3 Å². The summed E-state index contributed by atoms with van der Waals surface area (Å²) in [5, 5.41) is 3.08. The highest BCUT2D eigenvalue weighted by molar-refractivity contribution is 7.89. The molecule has 0 aliphatic rings. The fraction of sp³-hybridized carbons (Fsp3) is 0.208. The molecular weight excluding hydrogens is 448 g/mol. The third kappa shape index (κ3) is 5.48. The molecule has 1 N–H and O–H groups in total. The predicted molar refractivity (Wildman–Crippen MR) is 127 cm³/mol. The van der Waals surface area contributed by atoms with E-state index in [1.807, 2.05) is 44.2 Å². The molecule has 0 heterocycles. The van der Waals surface area contributed by atoms with Crippen LogP contribution in [0.4, 0.5) is 5.69 Å². The molecule has 0 aliphatic heterocycles. The van der Waals surface area contributed by atoms with Gasteiger partial charge in [0, 0.05) is 17.3 Å². The molecule has 0 aromatic heterocycles. The normalized spacial score (nSPS) is 11.4. The molecule has 3 rings (SSSR count). The van der Waals surface area contributed by atoms with Gasteiger partial charge in [0.1, 0.15) is 10.6 Å². The summed E-state index contributed by atoms with van der Waals surface area (Å²) in [6, 6.07) is 19.0. The summed E-state index contributed by atoms with van der Waals surface area (Å²) < 4.78 is 33.5. The molecule has 0 spiro atoms. The zero-order valence-corrected chi connectivity index (χ0v) is 19.7. The van der Waals surface area contributed by atoms with Crippen molar-refractivity contribution in [2.75, 3.05) is 19.0 Å². The molecule has 0 bridgehead atoms. The van der Waals surface area contributed by atoms with Gasteiger partial charge in [-0.15, -0.1) is 0 Å². The zero-order valence-electron chi connectivity index (χ0n) is 18.1. The van der Waals surface area contributed by atoms with Gasteiger partial charge in [-0.1, -0.05) is 54.1 Å². The number of amides is 1. The highest BCUT2D eigenvalue weighted by Gasteiger charge is 2.30. The summed E-state index contributed by atoms with van der Waals surface area (Å²) >= 11 is 6.07. The third-order valence-corrected chi connectivity index (χ3v) is 7.19. The zero-order chi connectivity index (χ0) is 23.3. The minimum atomic E-state index is -4.11. The second kappa shape index (κ2) is 10.2. The lowest BCUT2D eigenvalue weighted by atomic mass is 10.1. The lowest BCUT2D eigenvalue weighted by molar-refractivity contribution is -0.116. The minimum Gasteiger partial charge on any atom is -0.495 e. The van der Waals surface area contributed by atoms with E-state index < -0.39 is 15.9 Å². The van der Waals surface area contributed by atoms with Gasteiger partial charge in [0.05, 0.1) is 13.7 Å². The van der Waals surface area contributed by atoms with Crippen molar-refractivity contribution in [2.24, 2.45) is 0 Å². The van der Waals surface area contributed by atoms with Gasteiger partial charge in [0.25, 0.3) is 0 Å². The van der Waals surface area contributed by atoms with Crippen molar-refractivity contribution < 1.29 is 17.9 Å². The fourth-order valence-corrected chi connectivity index (χ4v) is 5.04. The van der Waals surface area contributed by atoms with Crippen LogP contribution >= 0.6 is 11.6 Å². The monoisotopic (exact) mass is 472 g/mol. The molecule has 168 valence electrons. The van der Waals surface area contributed by atoms with Gasteiger partial charge in [-0.3, -0.25) is 4.79 Å². The number of aryl methyl sites for hydroxylation is 1. The lowest BCUT2D eigenvalue weighted by Gasteiger charge is -2.23. The van der Waals surface area contributed by atoms with Crippen LogP contribution in [0.3, 0.4) is 0 Å². The summed E-state index contributed by atoms with van der Waals surface area (Å²) in [7, 11) is -2.72. The van der Waals surface area contributed by atoms with E-state index in [0.29, 0.717) is 5.69 Å². The topological polar surface area (TPSA) is 75.7 Å². The van der Waals surface area contributed by atoms with Crippen molar-refractivity contribution in [3.63, 3.8) is 0 Å². The number of carbonyl (C=O) groups excluding carboxylic acids is 1. The van der Waals surface area contributed by atoms with E-state index >= 15 is 0 Å². The van der Waals surface area contributed by atoms with Gasteiger partial charge >= 0.3 is 0 Å². The maximum atomic E-state index is 13.6. The maximum Gasteiger partial charge on any atom is 0.247 e.